The number of benzene rings is 2. The largest absolute Gasteiger partial charge is 0.477 e. The molecule has 0 aliphatic carbocycles. The first kappa shape index (κ1) is 31.3. The molecule has 1 atom stereocenters. The van der Waals surface area contributed by atoms with Crippen LogP contribution in [0.4, 0.5) is 5.69 Å². The van der Waals surface area contributed by atoms with Gasteiger partial charge in [-0.3, -0.25) is 15.2 Å². The fraction of sp³-hybridized carbons (Fsp3) is 0.323. The first-order valence-corrected chi connectivity index (χ1v) is 14.2. The van der Waals surface area contributed by atoms with Gasteiger partial charge in [-0.15, -0.1) is 5.10 Å². The van der Waals surface area contributed by atoms with Crippen LogP contribution >= 0.6 is 11.6 Å². The van der Waals surface area contributed by atoms with Crippen LogP contribution in [-0.4, -0.2) is 47.4 Å². The summed E-state index contributed by atoms with van der Waals surface area (Å²) in [5.41, 5.74) is 2.75. The fourth-order valence-corrected chi connectivity index (χ4v) is 5.26. The average Bonchev–Trinajstić information content (AvgIpc) is 3.46. The molecule has 12 heteroatoms. The maximum Gasteiger partial charge on any atom is 0.336 e. The van der Waals surface area contributed by atoms with E-state index in [4.69, 9.17) is 25.8 Å². The van der Waals surface area contributed by atoms with Crippen LogP contribution in [0, 0.1) is 10.1 Å². The summed E-state index contributed by atoms with van der Waals surface area (Å²) in [6.45, 7) is 3.96. The van der Waals surface area contributed by atoms with E-state index in [-0.39, 0.29) is 29.0 Å². The van der Waals surface area contributed by atoms with E-state index in [9.17, 15) is 19.7 Å². The van der Waals surface area contributed by atoms with Gasteiger partial charge in [0.2, 0.25) is 5.88 Å². The molecule has 0 spiro atoms. The molecule has 1 unspecified atom stereocenters. The molecule has 1 aromatic heterocycles. The Labute approximate surface area is 254 Å². The third-order valence-electron chi connectivity index (χ3n) is 7.07. The Morgan fingerprint density at radius 3 is 2.30 bits per heavy atom. The second-order valence-electron chi connectivity index (χ2n) is 9.94. The average molecular weight is 609 g/mol. The number of nitro benzene ring substituents is 1. The highest BCUT2D eigenvalue weighted by Crippen LogP contribution is 2.42. The molecule has 0 amide bonds. The normalized spacial score (nSPS) is 14.7. The van der Waals surface area contributed by atoms with Crippen molar-refractivity contribution in [3.05, 3.63) is 97.8 Å². The Morgan fingerprint density at radius 2 is 1.60 bits per heavy atom. The number of rotatable bonds is 13. The van der Waals surface area contributed by atoms with Crippen LogP contribution in [0.15, 0.2) is 77.1 Å². The van der Waals surface area contributed by atoms with Crippen molar-refractivity contribution in [2.24, 2.45) is 0 Å². The maximum absolute atomic E-state index is 13.4. The summed E-state index contributed by atoms with van der Waals surface area (Å²) in [5, 5.41) is 22.6. The highest BCUT2D eigenvalue weighted by molar-refractivity contribution is 6.33. The zero-order valence-corrected chi connectivity index (χ0v) is 24.9. The molecule has 11 nitrogen and oxygen atoms in total. The van der Waals surface area contributed by atoms with Crippen molar-refractivity contribution in [2.75, 3.05) is 20.3 Å². The Kier molecular flexibility index (Phi) is 10.6. The number of esters is 2. The summed E-state index contributed by atoms with van der Waals surface area (Å²) in [5.74, 6) is -1.89. The van der Waals surface area contributed by atoms with Crippen molar-refractivity contribution in [2.45, 2.75) is 45.4 Å². The van der Waals surface area contributed by atoms with Crippen molar-refractivity contribution in [1.29, 1.82) is 0 Å². The number of nitrogens with zero attached hydrogens (tertiary/aromatic N) is 2. The van der Waals surface area contributed by atoms with E-state index < -0.39 is 22.8 Å². The molecule has 43 heavy (non-hydrogen) atoms. The molecular weight excluding hydrogens is 576 g/mol. The van der Waals surface area contributed by atoms with Gasteiger partial charge in [-0.25, -0.2) is 9.59 Å². The third kappa shape index (κ3) is 7.42. The number of allylic oxidation sites excluding steroid dienone is 2. The number of para-hydroxylation sites is 1. The number of H-pyrrole nitrogens is 1. The number of dihydropyridines is 1. The standard InChI is InChI=1S/C31H33ClN4O7/c1-19-27(30(37)41-3)29(22-13-7-9-15-25(22)36(39)40)28(20(2)33-19)31(38)43-17-11-5-4-10-16-42-26-18-24(34-35-26)21-12-6-8-14-23(21)32/h6-9,12-15,18,29,33H,4-5,10-11,16-17H2,1-3H3,(H,34,35). The van der Waals surface area contributed by atoms with E-state index in [1.165, 1.54) is 25.3 Å². The number of carbonyl (C=O) groups is 2. The SMILES string of the molecule is COC(=O)C1=C(C)NC(C)=C(C(=O)OCCCCCCOc2cc(-c3ccccc3Cl)[nH]n2)C1c1ccccc1[N+](=O)[O-]. The molecule has 3 aromatic rings. The second-order valence-corrected chi connectivity index (χ2v) is 10.3. The second kappa shape index (κ2) is 14.5. The summed E-state index contributed by atoms with van der Waals surface area (Å²) in [6.07, 6.45) is 3.02. The van der Waals surface area contributed by atoms with Gasteiger partial charge in [0.15, 0.2) is 0 Å². The van der Waals surface area contributed by atoms with Gasteiger partial charge in [0.05, 0.1) is 48.0 Å². The van der Waals surface area contributed by atoms with Crippen LogP contribution in [0.1, 0.15) is 51.0 Å². The van der Waals surface area contributed by atoms with E-state index in [1.54, 1.807) is 26.0 Å². The van der Waals surface area contributed by atoms with Crippen LogP contribution in [0.3, 0.4) is 0 Å². The van der Waals surface area contributed by atoms with Crippen molar-refractivity contribution >= 4 is 29.2 Å². The third-order valence-corrected chi connectivity index (χ3v) is 7.40. The lowest BCUT2D eigenvalue weighted by Gasteiger charge is -2.30. The highest BCUT2D eigenvalue weighted by atomic mass is 35.5. The number of methoxy groups -OCH3 is 1. The molecule has 2 heterocycles. The molecule has 0 bridgehead atoms. The number of aromatic amines is 1. The van der Waals surface area contributed by atoms with E-state index in [0.29, 0.717) is 35.3 Å². The zero-order valence-electron chi connectivity index (χ0n) is 24.1. The molecule has 226 valence electrons. The van der Waals surface area contributed by atoms with Gasteiger partial charge in [0.25, 0.3) is 5.69 Å². The van der Waals surface area contributed by atoms with Crippen molar-refractivity contribution in [3.8, 4) is 17.1 Å². The topological polar surface area (TPSA) is 146 Å². The fourth-order valence-electron chi connectivity index (χ4n) is 5.03. The quantitative estimate of drug-likeness (QED) is 0.0997. The van der Waals surface area contributed by atoms with Crippen LogP contribution in [0.5, 0.6) is 5.88 Å². The van der Waals surface area contributed by atoms with Gasteiger partial charge in [0.1, 0.15) is 0 Å². The molecule has 0 saturated carbocycles. The molecule has 4 rings (SSSR count). The number of carbonyl (C=O) groups excluding carboxylic acids is 2. The van der Waals surface area contributed by atoms with E-state index in [0.717, 1.165) is 30.5 Å². The molecule has 0 fully saturated rings. The molecule has 1 aliphatic heterocycles. The summed E-state index contributed by atoms with van der Waals surface area (Å²) < 4.78 is 16.3. The molecule has 2 N–H and O–H groups in total. The number of ether oxygens (including phenoxy) is 3. The maximum atomic E-state index is 13.4. The number of halogens is 1. The summed E-state index contributed by atoms with van der Waals surface area (Å²) >= 11 is 6.24. The van der Waals surface area contributed by atoms with Crippen LogP contribution < -0.4 is 10.1 Å². The van der Waals surface area contributed by atoms with Gasteiger partial charge in [-0.05, 0) is 45.6 Å². The lowest BCUT2D eigenvalue weighted by Crippen LogP contribution is -2.32. The van der Waals surface area contributed by atoms with Crippen LogP contribution in [0.25, 0.3) is 11.3 Å². The first-order chi connectivity index (χ1) is 20.7. The Hall–Kier alpha value is -4.64. The van der Waals surface area contributed by atoms with E-state index in [1.807, 2.05) is 24.3 Å². The minimum Gasteiger partial charge on any atom is -0.477 e. The van der Waals surface area contributed by atoms with Crippen LogP contribution in [0.2, 0.25) is 5.02 Å². The van der Waals surface area contributed by atoms with E-state index in [2.05, 4.69) is 15.5 Å². The Bertz CT molecular complexity index is 1560. The predicted molar refractivity (Wildman–Crippen MR) is 160 cm³/mol. The number of nitro groups is 1. The highest BCUT2D eigenvalue weighted by Gasteiger charge is 2.40. The number of hydrogen-bond acceptors (Lipinski definition) is 9. The Balaban J connectivity index is 1.30. The first-order valence-electron chi connectivity index (χ1n) is 13.8. The lowest BCUT2D eigenvalue weighted by atomic mass is 9.79. The van der Waals surface area contributed by atoms with Gasteiger partial charge in [0, 0.05) is 39.7 Å². The molecule has 1 aliphatic rings. The van der Waals surface area contributed by atoms with Gasteiger partial charge >= 0.3 is 11.9 Å². The number of hydrogen-bond donors (Lipinski definition) is 2. The molecular formula is C31H33ClN4O7. The number of nitrogens with one attached hydrogen (secondary N) is 2. The summed E-state index contributed by atoms with van der Waals surface area (Å²) in [4.78, 5) is 37.4. The minimum absolute atomic E-state index is 0.116. The number of unbranched alkanes of at least 4 members (excludes halogenated alkanes) is 3. The monoisotopic (exact) mass is 608 g/mol. The molecule has 0 radical (unpaired) electrons. The molecule has 0 saturated heterocycles. The van der Waals surface area contributed by atoms with Gasteiger partial charge in [-0.1, -0.05) is 48.0 Å². The van der Waals surface area contributed by atoms with Crippen molar-refractivity contribution in [1.82, 2.24) is 15.5 Å². The smallest absolute Gasteiger partial charge is 0.336 e. The van der Waals surface area contributed by atoms with Crippen molar-refractivity contribution in [3.63, 3.8) is 0 Å². The lowest BCUT2D eigenvalue weighted by molar-refractivity contribution is -0.385. The van der Waals surface area contributed by atoms with E-state index >= 15 is 0 Å². The summed E-state index contributed by atoms with van der Waals surface area (Å²) in [6, 6.07) is 15.3. The summed E-state index contributed by atoms with van der Waals surface area (Å²) in [7, 11) is 1.22. The van der Waals surface area contributed by atoms with Gasteiger partial charge in [-0.2, -0.15) is 0 Å². The predicted octanol–water partition coefficient (Wildman–Crippen LogP) is 6.23. The minimum atomic E-state index is -1.03. The molecule has 2 aromatic carbocycles. The zero-order chi connectivity index (χ0) is 30.9. The van der Waals surface area contributed by atoms with Gasteiger partial charge < -0.3 is 19.5 Å². The Morgan fingerprint density at radius 1 is 0.953 bits per heavy atom. The number of aromatic nitrogens is 2. The van der Waals surface area contributed by atoms with Crippen molar-refractivity contribution < 1.29 is 28.7 Å². The van der Waals surface area contributed by atoms with Crippen LogP contribution in [-0.2, 0) is 19.1 Å².